The third-order valence-electron chi connectivity index (χ3n) is 5.67. The normalized spacial score (nSPS) is 11.0. The van der Waals surface area contributed by atoms with Gasteiger partial charge in [-0.05, 0) is 48.9 Å². The minimum Gasteiger partial charge on any atom is -0.493 e. The molecule has 36 heavy (non-hydrogen) atoms. The molecule has 8 nitrogen and oxygen atoms in total. The molecular weight excluding hydrogens is 458 g/mol. The summed E-state index contributed by atoms with van der Waals surface area (Å²) in [6, 6.07) is 24.9. The van der Waals surface area contributed by atoms with Crippen LogP contribution in [0.1, 0.15) is 17.0 Å². The number of fused-ring (bicyclic) bond motifs is 1. The van der Waals surface area contributed by atoms with Crippen molar-refractivity contribution < 1.29 is 23.5 Å². The number of nitrogens with zero attached hydrogens (tertiary/aromatic N) is 3. The van der Waals surface area contributed by atoms with E-state index in [4.69, 9.17) is 13.6 Å². The van der Waals surface area contributed by atoms with Gasteiger partial charge in [-0.3, -0.25) is 4.79 Å². The van der Waals surface area contributed by atoms with E-state index in [0.717, 1.165) is 22.6 Å². The molecule has 0 saturated heterocycles. The molecule has 0 bridgehead atoms. The van der Waals surface area contributed by atoms with Gasteiger partial charge >= 0.3 is 5.97 Å². The highest BCUT2D eigenvalue weighted by Crippen LogP contribution is 2.25. The zero-order valence-corrected chi connectivity index (χ0v) is 19.8. The number of ether oxygens (including phenoxy) is 1. The topological polar surface area (TPSA) is 102 Å². The van der Waals surface area contributed by atoms with Crippen LogP contribution in [0.3, 0.4) is 0 Å². The number of para-hydroxylation sites is 2. The van der Waals surface area contributed by atoms with Gasteiger partial charge in [0.15, 0.2) is 5.58 Å². The molecule has 0 aliphatic carbocycles. The van der Waals surface area contributed by atoms with Gasteiger partial charge in [-0.1, -0.05) is 42.5 Å². The predicted octanol–water partition coefficient (Wildman–Crippen LogP) is 5.50. The molecule has 0 aliphatic rings. The zero-order chi connectivity index (χ0) is 24.9. The Hall–Kier alpha value is -4.59. The van der Waals surface area contributed by atoms with Gasteiger partial charge in [0, 0.05) is 18.5 Å². The van der Waals surface area contributed by atoms with Gasteiger partial charge in [0.2, 0.25) is 5.89 Å². The van der Waals surface area contributed by atoms with Crippen LogP contribution >= 0.6 is 0 Å². The Morgan fingerprint density at radius 1 is 0.972 bits per heavy atom. The molecule has 5 aromatic rings. The van der Waals surface area contributed by atoms with Gasteiger partial charge in [-0.2, -0.15) is 4.98 Å². The Labute approximate surface area is 207 Å². The molecular formula is C28H25N3O5. The summed E-state index contributed by atoms with van der Waals surface area (Å²) >= 11 is 0. The first-order valence-corrected chi connectivity index (χ1v) is 11.6. The second-order valence-corrected chi connectivity index (χ2v) is 8.35. The number of benzene rings is 3. The molecule has 182 valence electrons. The lowest BCUT2D eigenvalue weighted by Crippen LogP contribution is -2.29. The summed E-state index contributed by atoms with van der Waals surface area (Å²) in [4.78, 5) is 22.2. The van der Waals surface area contributed by atoms with Gasteiger partial charge in [0.25, 0.3) is 6.01 Å². The number of aliphatic carboxylic acids is 1. The van der Waals surface area contributed by atoms with Crippen molar-refractivity contribution in [1.29, 1.82) is 0 Å². The van der Waals surface area contributed by atoms with Gasteiger partial charge in [-0.25, -0.2) is 4.98 Å². The number of anilines is 1. The highest BCUT2D eigenvalue weighted by Gasteiger charge is 2.18. The average Bonchev–Trinajstić information content (AvgIpc) is 3.48. The number of carboxylic acid groups (broad SMARTS) is 1. The summed E-state index contributed by atoms with van der Waals surface area (Å²) in [6.07, 6.45) is 0.598. The van der Waals surface area contributed by atoms with Crippen molar-refractivity contribution in [3.8, 4) is 17.2 Å². The first kappa shape index (κ1) is 23.2. The fourth-order valence-corrected chi connectivity index (χ4v) is 3.93. The standard InChI is InChI=1S/C28H25N3O5/c1-19-23(29-27(35-19)21-9-3-2-4-10-21)14-15-34-22-11-7-8-20(16-22)17-31(18-26(32)33)28-30-24-12-5-6-13-25(24)36-28/h2-13,16H,14-15,17-18H2,1H3,(H,32,33). The van der Waals surface area contributed by atoms with Crippen LogP contribution < -0.4 is 9.64 Å². The summed E-state index contributed by atoms with van der Waals surface area (Å²) in [5, 5.41) is 9.42. The second kappa shape index (κ2) is 10.4. The van der Waals surface area contributed by atoms with Crippen LogP contribution in [0.5, 0.6) is 5.75 Å². The van der Waals surface area contributed by atoms with Gasteiger partial charge in [0.05, 0.1) is 12.3 Å². The highest BCUT2D eigenvalue weighted by molar-refractivity contribution is 5.76. The summed E-state index contributed by atoms with van der Waals surface area (Å²) in [5.74, 6) is 1.09. The molecule has 3 aromatic carbocycles. The molecule has 0 saturated carbocycles. The largest absolute Gasteiger partial charge is 0.493 e. The van der Waals surface area contributed by atoms with Crippen LogP contribution in [-0.4, -0.2) is 34.2 Å². The fraction of sp³-hybridized carbons (Fsp3) is 0.179. The predicted molar refractivity (Wildman–Crippen MR) is 135 cm³/mol. The van der Waals surface area contributed by atoms with E-state index < -0.39 is 5.97 Å². The first-order chi connectivity index (χ1) is 17.5. The molecule has 0 atom stereocenters. The molecule has 0 fully saturated rings. The maximum absolute atomic E-state index is 11.5. The third kappa shape index (κ3) is 5.38. The first-order valence-electron chi connectivity index (χ1n) is 11.6. The third-order valence-corrected chi connectivity index (χ3v) is 5.67. The highest BCUT2D eigenvalue weighted by atomic mass is 16.5. The molecule has 8 heteroatoms. The summed E-state index contributed by atoms with van der Waals surface area (Å²) in [5.41, 5.74) is 3.95. The van der Waals surface area contributed by atoms with Crippen LogP contribution in [0.25, 0.3) is 22.6 Å². The van der Waals surface area contributed by atoms with Crippen molar-refractivity contribution in [2.24, 2.45) is 0 Å². The van der Waals surface area contributed by atoms with Crippen molar-refractivity contribution in [2.75, 3.05) is 18.1 Å². The van der Waals surface area contributed by atoms with E-state index in [1.807, 2.05) is 79.7 Å². The van der Waals surface area contributed by atoms with E-state index in [-0.39, 0.29) is 12.6 Å². The molecule has 0 radical (unpaired) electrons. The number of carboxylic acids is 1. The summed E-state index contributed by atoms with van der Waals surface area (Å²) in [7, 11) is 0. The van der Waals surface area contributed by atoms with Crippen molar-refractivity contribution >= 4 is 23.1 Å². The Morgan fingerprint density at radius 2 is 1.78 bits per heavy atom. The monoisotopic (exact) mass is 483 g/mol. The quantitative estimate of drug-likeness (QED) is 0.278. The van der Waals surface area contributed by atoms with Crippen molar-refractivity contribution in [2.45, 2.75) is 19.9 Å². The number of hydrogen-bond donors (Lipinski definition) is 1. The fourth-order valence-electron chi connectivity index (χ4n) is 3.93. The lowest BCUT2D eigenvalue weighted by atomic mass is 10.2. The van der Waals surface area contributed by atoms with E-state index in [2.05, 4.69) is 9.97 Å². The minimum absolute atomic E-state index is 0.243. The minimum atomic E-state index is -0.970. The summed E-state index contributed by atoms with van der Waals surface area (Å²) < 4.78 is 17.6. The van der Waals surface area contributed by atoms with Crippen molar-refractivity contribution in [1.82, 2.24) is 9.97 Å². The smallest absolute Gasteiger partial charge is 0.323 e. The van der Waals surface area contributed by atoms with Crippen LogP contribution in [0.4, 0.5) is 6.01 Å². The van der Waals surface area contributed by atoms with Gasteiger partial charge < -0.3 is 23.6 Å². The Balaban J connectivity index is 1.25. The SMILES string of the molecule is Cc1oc(-c2ccccc2)nc1CCOc1cccc(CN(CC(=O)O)c2nc3ccccc3o2)c1. The number of carbonyl (C=O) groups is 1. The van der Waals surface area contributed by atoms with Crippen LogP contribution in [0, 0.1) is 6.92 Å². The lowest BCUT2D eigenvalue weighted by Gasteiger charge is -2.18. The Kier molecular flexibility index (Phi) is 6.66. The molecule has 0 unspecified atom stereocenters. The van der Waals surface area contributed by atoms with E-state index >= 15 is 0 Å². The zero-order valence-electron chi connectivity index (χ0n) is 19.8. The average molecular weight is 484 g/mol. The molecule has 2 aromatic heterocycles. The number of oxazole rings is 2. The van der Waals surface area contributed by atoms with Crippen LogP contribution in [0.2, 0.25) is 0 Å². The molecule has 5 rings (SSSR count). The maximum Gasteiger partial charge on any atom is 0.323 e. The van der Waals surface area contributed by atoms with E-state index in [9.17, 15) is 9.90 Å². The molecule has 1 N–H and O–H groups in total. The number of aryl methyl sites for hydroxylation is 1. The van der Waals surface area contributed by atoms with Gasteiger partial charge in [0.1, 0.15) is 23.6 Å². The second-order valence-electron chi connectivity index (χ2n) is 8.35. The molecule has 2 heterocycles. The van der Waals surface area contributed by atoms with Gasteiger partial charge in [-0.15, -0.1) is 0 Å². The Morgan fingerprint density at radius 3 is 2.58 bits per heavy atom. The lowest BCUT2D eigenvalue weighted by molar-refractivity contribution is -0.135. The Bertz CT molecular complexity index is 1440. The van der Waals surface area contributed by atoms with E-state index in [1.165, 1.54) is 0 Å². The summed E-state index contributed by atoms with van der Waals surface area (Å²) in [6.45, 7) is 2.39. The van der Waals surface area contributed by atoms with Crippen molar-refractivity contribution in [3.05, 3.63) is 95.9 Å². The van der Waals surface area contributed by atoms with E-state index in [0.29, 0.717) is 42.3 Å². The number of hydrogen-bond acceptors (Lipinski definition) is 7. The maximum atomic E-state index is 11.5. The van der Waals surface area contributed by atoms with Crippen molar-refractivity contribution in [3.63, 3.8) is 0 Å². The molecule has 0 aliphatic heterocycles. The molecule has 0 amide bonds. The van der Waals surface area contributed by atoms with E-state index in [1.54, 1.807) is 11.0 Å². The molecule has 0 spiro atoms. The van der Waals surface area contributed by atoms with Crippen LogP contribution in [-0.2, 0) is 17.8 Å². The number of rotatable bonds is 10. The number of aromatic nitrogens is 2. The van der Waals surface area contributed by atoms with Crippen LogP contribution in [0.15, 0.2) is 87.7 Å².